The van der Waals surface area contributed by atoms with Crippen molar-refractivity contribution in [2.75, 3.05) is 12.5 Å². The number of hydrazine groups is 1. The fraction of sp³-hybridized carbons (Fsp3) is 0.136. The minimum Gasteiger partial charge on any atom is -0.758 e. The van der Waals surface area contributed by atoms with E-state index in [1.807, 2.05) is 0 Å². The van der Waals surface area contributed by atoms with Gasteiger partial charge in [-0.05, 0) is 48.4 Å². The maximum Gasteiger partial charge on any atom is 0.340 e. The van der Waals surface area contributed by atoms with Gasteiger partial charge in [-0.25, -0.2) is 23.5 Å². The van der Waals surface area contributed by atoms with Crippen molar-refractivity contribution in [1.82, 2.24) is 14.4 Å². The molecule has 1 aromatic carbocycles. The monoisotopic (exact) mass is 487 g/mol. The van der Waals surface area contributed by atoms with Crippen LogP contribution in [-0.4, -0.2) is 30.2 Å². The van der Waals surface area contributed by atoms with Crippen LogP contribution in [0.4, 0.5) is 14.6 Å². The zero-order valence-electron chi connectivity index (χ0n) is 17.9. The number of rotatable bonds is 7. The molecule has 0 fully saturated rings. The average molecular weight is 487 g/mol. The molecule has 0 saturated carbocycles. The highest BCUT2D eigenvalue weighted by atomic mass is 32.2. The van der Waals surface area contributed by atoms with Crippen LogP contribution < -0.4 is 15.8 Å². The summed E-state index contributed by atoms with van der Waals surface area (Å²) < 4.78 is 62.2. The van der Waals surface area contributed by atoms with Crippen LogP contribution in [0.3, 0.4) is 0 Å². The summed E-state index contributed by atoms with van der Waals surface area (Å²) in [5, 5.41) is 0.581. The average Bonchev–Trinajstić information content (AvgIpc) is 2.80. The van der Waals surface area contributed by atoms with Gasteiger partial charge in [-0.15, -0.1) is 0 Å². The molecule has 9 nitrogen and oxygen atoms in total. The van der Waals surface area contributed by atoms with E-state index < -0.39 is 28.5 Å². The van der Waals surface area contributed by atoms with E-state index in [0.29, 0.717) is 15.4 Å². The summed E-state index contributed by atoms with van der Waals surface area (Å²) in [6.45, 7) is 1.69. The topological polar surface area (TPSA) is 121 Å². The van der Waals surface area contributed by atoms with Crippen LogP contribution in [0.5, 0.6) is 11.6 Å². The molecule has 34 heavy (non-hydrogen) atoms. The van der Waals surface area contributed by atoms with Gasteiger partial charge >= 0.3 is 5.63 Å². The summed E-state index contributed by atoms with van der Waals surface area (Å²) in [7, 11) is 1.18. The van der Waals surface area contributed by atoms with Crippen LogP contribution in [0.15, 0.2) is 58.0 Å². The molecule has 3 heterocycles. The molecule has 1 atom stereocenters. The van der Waals surface area contributed by atoms with Crippen molar-refractivity contribution < 1.29 is 26.7 Å². The Morgan fingerprint density at radius 2 is 2.00 bits per heavy atom. The molecule has 0 aliphatic carbocycles. The normalized spacial score (nSPS) is 12.2. The first-order valence-electron chi connectivity index (χ1n) is 9.82. The maximum absolute atomic E-state index is 14.9. The third-order valence-electron chi connectivity index (χ3n) is 5.02. The van der Waals surface area contributed by atoms with Crippen molar-refractivity contribution in [3.05, 3.63) is 87.5 Å². The van der Waals surface area contributed by atoms with E-state index in [0.717, 1.165) is 0 Å². The van der Waals surface area contributed by atoms with E-state index in [1.54, 1.807) is 19.1 Å². The molecule has 4 aromatic rings. The minimum absolute atomic E-state index is 0.114. The smallest absolute Gasteiger partial charge is 0.340 e. The zero-order valence-corrected chi connectivity index (χ0v) is 18.7. The fourth-order valence-corrected chi connectivity index (χ4v) is 3.44. The number of nitrogens with zero attached hydrogens (tertiary/aromatic N) is 3. The highest BCUT2D eigenvalue weighted by Gasteiger charge is 2.18. The lowest BCUT2D eigenvalue weighted by Gasteiger charge is -2.21. The van der Waals surface area contributed by atoms with Crippen LogP contribution in [0, 0.1) is 18.6 Å². The van der Waals surface area contributed by atoms with Gasteiger partial charge in [0.05, 0.1) is 0 Å². The summed E-state index contributed by atoms with van der Waals surface area (Å²) in [4.78, 5) is 20.3. The number of hydrogen-bond acceptors (Lipinski definition) is 8. The lowest BCUT2D eigenvalue weighted by molar-refractivity contribution is 0.422. The van der Waals surface area contributed by atoms with E-state index in [4.69, 9.17) is 9.15 Å². The number of benzene rings is 1. The Hall–Kier alpha value is -3.74. The number of pyridine rings is 2. The molecule has 0 radical (unpaired) electrons. The van der Waals surface area contributed by atoms with E-state index in [2.05, 4.69) is 15.4 Å². The zero-order chi connectivity index (χ0) is 24.4. The Morgan fingerprint density at radius 3 is 2.74 bits per heavy atom. The quantitative estimate of drug-likeness (QED) is 0.238. The largest absolute Gasteiger partial charge is 0.758 e. The molecular formula is C22H17F2N4O5S-. The Bertz CT molecular complexity index is 1460. The van der Waals surface area contributed by atoms with Gasteiger partial charge in [0.1, 0.15) is 11.3 Å². The van der Waals surface area contributed by atoms with Gasteiger partial charge in [0.15, 0.2) is 17.5 Å². The molecule has 0 saturated heterocycles. The molecule has 1 unspecified atom stereocenters. The summed E-state index contributed by atoms with van der Waals surface area (Å²) in [5.41, 5.74) is 2.72. The first-order valence-corrected chi connectivity index (χ1v) is 10.9. The molecule has 0 spiro atoms. The van der Waals surface area contributed by atoms with Crippen molar-refractivity contribution in [1.29, 1.82) is 0 Å². The second-order valence-corrected chi connectivity index (χ2v) is 8.16. The van der Waals surface area contributed by atoms with Crippen LogP contribution in [0.1, 0.15) is 16.7 Å². The lowest BCUT2D eigenvalue weighted by atomic mass is 10.00. The molecule has 176 valence electrons. The summed E-state index contributed by atoms with van der Waals surface area (Å²) in [5.74, 6) is -1.76. The number of ether oxygens (including phenoxy) is 1. The maximum atomic E-state index is 14.9. The van der Waals surface area contributed by atoms with E-state index >= 15 is 0 Å². The van der Waals surface area contributed by atoms with Crippen LogP contribution in [0.2, 0.25) is 0 Å². The summed E-state index contributed by atoms with van der Waals surface area (Å²) >= 11 is -2.64. The highest BCUT2D eigenvalue weighted by Crippen LogP contribution is 2.29. The molecule has 12 heteroatoms. The Labute approximate surface area is 194 Å². The van der Waals surface area contributed by atoms with E-state index in [1.165, 1.54) is 43.7 Å². The van der Waals surface area contributed by atoms with Gasteiger partial charge in [0.25, 0.3) is 5.88 Å². The molecule has 3 aromatic heterocycles. The fourth-order valence-electron chi connectivity index (χ4n) is 3.28. The van der Waals surface area contributed by atoms with E-state index in [9.17, 15) is 22.3 Å². The molecule has 0 aliphatic heterocycles. The second-order valence-electron chi connectivity index (χ2n) is 7.18. The minimum atomic E-state index is -2.64. The number of fused-ring (bicyclic) bond motifs is 1. The molecule has 0 bridgehead atoms. The Balaban J connectivity index is 1.66. The van der Waals surface area contributed by atoms with Gasteiger partial charge < -0.3 is 13.7 Å². The first kappa shape index (κ1) is 23.4. The van der Waals surface area contributed by atoms with Crippen molar-refractivity contribution in [3.8, 4) is 11.6 Å². The van der Waals surface area contributed by atoms with Crippen molar-refractivity contribution in [2.24, 2.45) is 0 Å². The first-order chi connectivity index (χ1) is 16.2. The van der Waals surface area contributed by atoms with Gasteiger partial charge in [-0.3, -0.25) is 9.63 Å². The van der Waals surface area contributed by atoms with E-state index in [-0.39, 0.29) is 40.6 Å². The number of aromatic nitrogens is 2. The third kappa shape index (κ3) is 4.78. The third-order valence-corrected chi connectivity index (χ3v) is 5.56. The number of nitrogens with one attached hydrogen (secondary N) is 1. The van der Waals surface area contributed by atoms with Crippen molar-refractivity contribution in [3.63, 3.8) is 0 Å². The molecule has 0 aliphatic rings. The number of aryl methyl sites for hydroxylation is 1. The van der Waals surface area contributed by atoms with Gasteiger partial charge in [-0.2, -0.15) is 4.41 Å². The van der Waals surface area contributed by atoms with Crippen molar-refractivity contribution >= 4 is 28.1 Å². The standard InChI is InChI=1S/C22H18F2N4O5S/c1-12-15-6-5-14(32-21-17(23)4-3-8-26-21)11-18(15)33-22(29)16(12)10-13-7-9-25-20(19(13)24)27-28(2)34(30)31/h3-9,11H,10H2,1-2H3,(H,25,27)(H,30,31)/p-1. The Kier molecular flexibility index (Phi) is 6.63. The van der Waals surface area contributed by atoms with Crippen LogP contribution in [0.25, 0.3) is 11.0 Å². The van der Waals surface area contributed by atoms with Gasteiger partial charge in [0.2, 0.25) is 0 Å². The predicted molar refractivity (Wildman–Crippen MR) is 119 cm³/mol. The van der Waals surface area contributed by atoms with Crippen LogP contribution in [-0.2, 0) is 17.7 Å². The molecular weight excluding hydrogens is 470 g/mol. The summed E-state index contributed by atoms with van der Waals surface area (Å²) in [6.07, 6.45) is 2.56. The van der Waals surface area contributed by atoms with Gasteiger partial charge in [-0.1, -0.05) is 0 Å². The lowest BCUT2D eigenvalue weighted by Crippen LogP contribution is -2.28. The van der Waals surface area contributed by atoms with Gasteiger partial charge in [0, 0.05) is 54.1 Å². The Morgan fingerprint density at radius 1 is 1.21 bits per heavy atom. The number of hydrogen-bond donors (Lipinski definition) is 1. The number of anilines is 1. The molecule has 1 N–H and O–H groups in total. The SMILES string of the molecule is Cc1c(Cc2ccnc(NN(C)S(=O)[O-])c2F)c(=O)oc2cc(Oc3ncccc3F)ccc12. The predicted octanol–water partition coefficient (Wildman–Crippen LogP) is 3.61. The highest BCUT2D eigenvalue weighted by molar-refractivity contribution is 7.76. The van der Waals surface area contributed by atoms with Crippen molar-refractivity contribution in [2.45, 2.75) is 13.3 Å². The number of halogens is 2. The molecule has 4 rings (SSSR count). The molecule has 0 amide bonds. The summed E-state index contributed by atoms with van der Waals surface area (Å²) in [6, 6.07) is 8.67. The van der Waals surface area contributed by atoms with Crippen LogP contribution >= 0.6 is 0 Å². The second kappa shape index (κ2) is 9.63.